The van der Waals surface area contributed by atoms with E-state index in [-0.39, 0.29) is 11.8 Å². The van der Waals surface area contributed by atoms with Crippen LogP contribution in [0.5, 0.6) is 0 Å². The summed E-state index contributed by atoms with van der Waals surface area (Å²) >= 11 is 6.17. The van der Waals surface area contributed by atoms with E-state index in [1.54, 1.807) is 0 Å². The van der Waals surface area contributed by atoms with Crippen LogP contribution in [0.4, 0.5) is 0 Å². The summed E-state index contributed by atoms with van der Waals surface area (Å²) in [6.07, 6.45) is 1.61. The van der Waals surface area contributed by atoms with Crippen molar-refractivity contribution < 1.29 is 8.42 Å². The lowest BCUT2D eigenvalue weighted by atomic mass is 10.0. The molecule has 0 aromatic heterocycles. The highest BCUT2D eigenvalue weighted by Gasteiger charge is 2.16. The fourth-order valence-corrected chi connectivity index (χ4v) is 2.52. The number of sulfone groups is 1. The molecule has 4 nitrogen and oxygen atoms in total. The van der Waals surface area contributed by atoms with E-state index in [9.17, 15) is 8.42 Å². The average Bonchev–Trinajstić information content (AvgIpc) is 2.23. The molecule has 0 spiro atoms. The van der Waals surface area contributed by atoms with E-state index in [1.807, 2.05) is 25.1 Å². The third kappa shape index (κ3) is 4.27. The molecule has 0 amide bonds. The van der Waals surface area contributed by atoms with Crippen LogP contribution in [0.3, 0.4) is 0 Å². The lowest BCUT2D eigenvalue weighted by Crippen LogP contribution is -2.29. The van der Waals surface area contributed by atoms with E-state index in [2.05, 4.69) is 5.43 Å². The maximum atomic E-state index is 11.1. The van der Waals surface area contributed by atoms with E-state index in [1.165, 1.54) is 6.26 Å². The van der Waals surface area contributed by atoms with Crippen molar-refractivity contribution in [2.24, 2.45) is 5.84 Å². The molecule has 17 heavy (non-hydrogen) atoms. The molecule has 0 heterocycles. The summed E-state index contributed by atoms with van der Waals surface area (Å²) in [5, 5.41) is 0.629. The topological polar surface area (TPSA) is 72.2 Å². The summed E-state index contributed by atoms with van der Waals surface area (Å²) in [4.78, 5) is 0. The Hall–Kier alpha value is -0.620. The first-order chi connectivity index (χ1) is 7.85. The van der Waals surface area contributed by atoms with Crippen molar-refractivity contribution in [1.82, 2.24) is 5.43 Å². The van der Waals surface area contributed by atoms with Crippen LogP contribution in [0.2, 0.25) is 5.02 Å². The largest absolute Gasteiger partial charge is 0.271 e. The summed E-state index contributed by atoms with van der Waals surface area (Å²) in [7, 11) is -3.00. The van der Waals surface area contributed by atoms with Crippen molar-refractivity contribution in [1.29, 1.82) is 0 Å². The van der Waals surface area contributed by atoms with E-state index >= 15 is 0 Å². The van der Waals surface area contributed by atoms with Crippen molar-refractivity contribution in [3.8, 4) is 0 Å². The molecule has 1 aromatic rings. The van der Waals surface area contributed by atoms with Crippen LogP contribution in [0, 0.1) is 6.92 Å². The summed E-state index contributed by atoms with van der Waals surface area (Å²) in [6.45, 7) is 1.90. The zero-order valence-corrected chi connectivity index (χ0v) is 11.5. The second kappa shape index (κ2) is 5.82. The monoisotopic (exact) mass is 276 g/mol. The number of rotatable bonds is 5. The Kier molecular flexibility index (Phi) is 4.94. The summed E-state index contributed by atoms with van der Waals surface area (Å²) in [6, 6.07) is 5.37. The third-order valence-electron chi connectivity index (χ3n) is 2.58. The number of nitrogens with one attached hydrogen (secondary N) is 1. The number of aryl methyl sites for hydroxylation is 1. The van der Waals surface area contributed by atoms with Crippen molar-refractivity contribution in [3.63, 3.8) is 0 Å². The first kappa shape index (κ1) is 14.4. The highest BCUT2D eigenvalue weighted by atomic mass is 35.5. The minimum Gasteiger partial charge on any atom is -0.271 e. The van der Waals surface area contributed by atoms with Gasteiger partial charge >= 0.3 is 0 Å². The van der Waals surface area contributed by atoms with Gasteiger partial charge < -0.3 is 0 Å². The Labute approximate surface area is 107 Å². The van der Waals surface area contributed by atoms with Gasteiger partial charge in [0, 0.05) is 17.3 Å². The molecular formula is C11H17ClN2O2S. The molecule has 1 atom stereocenters. The molecule has 1 rings (SSSR count). The molecule has 0 bridgehead atoms. The van der Waals surface area contributed by atoms with Crippen LogP contribution >= 0.6 is 11.6 Å². The first-order valence-electron chi connectivity index (χ1n) is 5.24. The van der Waals surface area contributed by atoms with Gasteiger partial charge in [0.05, 0.1) is 5.75 Å². The van der Waals surface area contributed by atoms with E-state index < -0.39 is 9.84 Å². The van der Waals surface area contributed by atoms with Gasteiger partial charge in [0.25, 0.3) is 0 Å². The van der Waals surface area contributed by atoms with Gasteiger partial charge in [-0.2, -0.15) is 0 Å². The maximum absolute atomic E-state index is 11.1. The molecule has 0 aliphatic carbocycles. The van der Waals surface area contributed by atoms with Gasteiger partial charge in [0.2, 0.25) is 0 Å². The summed E-state index contributed by atoms with van der Waals surface area (Å²) < 4.78 is 22.3. The molecule has 1 aromatic carbocycles. The predicted molar refractivity (Wildman–Crippen MR) is 70.6 cm³/mol. The molecular weight excluding hydrogens is 260 g/mol. The lowest BCUT2D eigenvalue weighted by Gasteiger charge is -2.18. The Bertz CT molecular complexity index is 488. The average molecular weight is 277 g/mol. The third-order valence-corrected chi connectivity index (χ3v) is 4.07. The highest BCUT2D eigenvalue weighted by Crippen LogP contribution is 2.27. The smallest absolute Gasteiger partial charge is 0.147 e. The second-order valence-corrected chi connectivity index (χ2v) is 6.75. The van der Waals surface area contributed by atoms with Crippen LogP contribution in [0.1, 0.15) is 23.6 Å². The minimum absolute atomic E-state index is 0.0755. The molecule has 6 heteroatoms. The zero-order chi connectivity index (χ0) is 13.1. The van der Waals surface area contributed by atoms with Gasteiger partial charge in [-0.3, -0.25) is 11.3 Å². The highest BCUT2D eigenvalue weighted by molar-refractivity contribution is 7.90. The summed E-state index contributed by atoms with van der Waals surface area (Å²) in [5.74, 6) is 5.53. The lowest BCUT2D eigenvalue weighted by molar-refractivity contribution is 0.531. The standard InChI is InChI=1S/C11H17ClN2O2S/c1-8-4-3-5-9(11(8)12)10(14-13)6-7-17(2,15)16/h3-5,10,14H,6-7,13H2,1-2H3. The maximum Gasteiger partial charge on any atom is 0.147 e. The number of benzene rings is 1. The molecule has 1 unspecified atom stereocenters. The molecule has 0 radical (unpaired) electrons. The van der Waals surface area contributed by atoms with Crippen LogP contribution < -0.4 is 11.3 Å². The molecule has 0 fully saturated rings. The number of halogens is 1. The van der Waals surface area contributed by atoms with Crippen molar-refractivity contribution in [3.05, 3.63) is 34.3 Å². The minimum atomic E-state index is -3.00. The zero-order valence-electron chi connectivity index (χ0n) is 9.90. The van der Waals surface area contributed by atoms with Crippen LogP contribution in [0.25, 0.3) is 0 Å². The fraction of sp³-hybridized carbons (Fsp3) is 0.455. The molecule has 96 valence electrons. The summed E-state index contributed by atoms with van der Waals surface area (Å²) in [5.41, 5.74) is 4.39. The van der Waals surface area contributed by atoms with Crippen LogP contribution in [0.15, 0.2) is 18.2 Å². The Morgan fingerprint density at radius 3 is 2.65 bits per heavy atom. The first-order valence-corrected chi connectivity index (χ1v) is 7.68. The molecule has 0 saturated heterocycles. The van der Waals surface area contributed by atoms with Crippen LogP contribution in [-0.4, -0.2) is 20.4 Å². The molecule has 3 N–H and O–H groups in total. The van der Waals surface area contributed by atoms with Crippen molar-refractivity contribution in [2.45, 2.75) is 19.4 Å². The molecule has 0 aliphatic rings. The molecule has 0 saturated carbocycles. The number of hydrogen-bond acceptors (Lipinski definition) is 4. The van der Waals surface area contributed by atoms with E-state index in [0.29, 0.717) is 11.4 Å². The van der Waals surface area contributed by atoms with E-state index in [0.717, 1.165) is 11.1 Å². The number of hydrogen-bond donors (Lipinski definition) is 2. The van der Waals surface area contributed by atoms with Gasteiger partial charge in [0.15, 0.2) is 0 Å². The number of hydrazine groups is 1. The Morgan fingerprint density at radius 2 is 2.12 bits per heavy atom. The number of nitrogens with two attached hydrogens (primary N) is 1. The SMILES string of the molecule is Cc1cccc(C(CCS(C)(=O)=O)NN)c1Cl. The second-order valence-electron chi connectivity index (χ2n) is 4.12. The normalized spacial score (nSPS) is 13.6. The van der Waals surface area contributed by atoms with E-state index in [4.69, 9.17) is 17.4 Å². The van der Waals surface area contributed by atoms with Crippen molar-refractivity contribution in [2.75, 3.05) is 12.0 Å². The fourth-order valence-electron chi connectivity index (χ4n) is 1.60. The van der Waals surface area contributed by atoms with Gasteiger partial charge in [-0.15, -0.1) is 0 Å². The quantitative estimate of drug-likeness (QED) is 0.633. The Morgan fingerprint density at radius 1 is 1.47 bits per heavy atom. The van der Waals surface area contributed by atoms with Crippen LogP contribution in [-0.2, 0) is 9.84 Å². The molecule has 0 aliphatic heterocycles. The van der Waals surface area contributed by atoms with Gasteiger partial charge in [-0.1, -0.05) is 29.8 Å². The predicted octanol–water partition coefficient (Wildman–Crippen LogP) is 1.59. The van der Waals surface area contributed by atoms with Gasteiger partial charge in [-0.05, 0) is 24.5 Å². The van der Waals surface area contributed by atoms with Gasteiger partial charge in [-0.25, -0.2) is 8.42 Å². The van der Waals surface area contributed by atoms with Gasteiger partial charge in [0.1, 0.15) is 9.84 Å². The Balaban J connectivity index is 2.90. The van der Waals surface area contributed by atoms with Crippen molar-refractivity contribution >= 4 is 21.4 Å².